The first-order valence-corrected chi connectivity index (χ1v) is 8.25. The highest BCUT2D eigenvalue weighted by Gasteiger charge is 2.53. The summed E-state index contributed by atoms with van der Waals surface area (Å²) in [6, 6.07) is 9.28. The van der Waals surface area contributed by atoms with Crippen molar-refractivity contribution in [3.63, 3.8) is 0 Å². The van der Waals surface area contributed by atoms with Crippen LogP contribution < -0.4 is 10.1 Å². The molecule has 0 radical (unpaired) electrons. The van der Waals surface area contributed by atoms with Gasteiger partial charge >= 0.3 is 0 Å². The van der Waals surface area contributed by atoms with Crippen LogP contribution in [0.4, 0.5) is 0 Å². The molecule has 0 saturated heterocycles. The fraction of sp³-hybridized carbons (Fsp3) is 0.667. The van der Waals surface area contributed by atoms with Crippen molar-refractivity contribution in [1.29, 1.82) is 0 Å². The smallest absolute Gasteiger partial charge is 0.119 e. The molecule has 0 aromatic heterocycles. The van der Waals surface area contributed by atoms with Crippen molar-refractivity contribution in [1.82, 2.24) is 5.32 Å². The average Bonchev–Trinajstić information content (AvgIpc) is 3.22. The van der Waals surface area contributed by atoms with Crippen LogP contribution in [0.3, 0.4) is 0 Å². The van der Waals surface area contributed by atoms with E-state index in [-0.39, 0.29) is 0 Å². The molecule has 2 fully saturated rings. The second-order valence-corrected chi connectivity index (χ2v) is 6.37. The Kier molecular flexibility index (Phi) is 4.30. The Balaban J connectivity index is 1.67. The zero-order valence-corrected chi connectivity index (χ0v) is 12.8. The quantitative estimate of drug-likeness (QED) is 0.840. The van der Waals surface area contributed by atoms with Crippen molar-refractivity contribution in [2.45, 2.75) is 45.1 Å². The third-order valence-corrected chi connectivity index (χ3v) is 5.13. The number of benzene rings is 1. The SMILES string of the molecule is CCCOc1ccc(C(NC)C2C3CCCCC32)cc1. The van der Waals surface area contributed by atoms with Gasteiger partial charge in [-0.15, -0.1) is 0 Å². The molecule has 0 spiro atoms. The summed E-state index contributed by atoms with van der Waals surface area (Å²) in [7, 11) is 2.11. The predicted octanol–water partition coefficient (Wildman–Crippen LogP) is 4.17. The molecule has 110 valence electrons. The van der Waals surface area contributed by atoms with E-state index in [1.165, 1.54) is 31.2 Å². The molecule has 0 heterocycles. The van der Waals surface area contributed by atoms with Crippen LogP contribution in [0.15, 0.2) is 24.3 Å². The lowest BCUT2D eigenvalue weighted by Crippen LogP contribution is -2.19. The van der Waals surface area contributed by atoms with Crippen LogP contribution in [0.5, 0.6) is 5.75 Å². The van der Waals surface area contributed by atoms with Crippen LogP contribution in [0.2, 0.25) is 0 Å². The molecule has 1 aromatic carbocycles. The molecule has 2 aliphatic carbocycles. The van der Waals surface area contributed by atoms with Crippen LogP contribution in [0.1, 0.15) is 50.6 Å². The molecule has 2 aliphatic rings. The monoisotopic (exact) mass is 273 g/mol. The van der Waals surface area contributed by atoms with Gasteiger partial charge in [-0.1, -0.05) is 31.9 Å². The molecule has 3 atom stereocenters. The van der Waals surface area contributed by atoms with Crippen molar-refractivity contribution in [2.75, 3.05) is 13.7 Å². The van der Waals surface area contributed by atoms with Gasteiger partial charge in [-0.25, -0.2) is 0 Å². The third-order valence-electron chi connectivity index (χ3n) is 5.13. The molecule has 0 bridgehead atoms. The average molecular weight is 273 g/mol. The Bertz CT molecular complexity index is 416. The Labute approximate surface area is 122 Å². The van der Waals surface area contributed by atoms with E-state index in [0.29, 0.717) is 6.04 Å². The molecule has 20 heavy (non-hydrogen) atoms. The van der Waals surface area contributed by atoms with Crippen LogP contribution in [0, 0.1) is 17.8 Å². The second-order valence-electron chi connectivity index (χ2n) is 6.37. The van der Waals surface area contributed by atoms with Crippen LogP contribution in [0.25, 0.3) is 0 Å². The zero-order valence-electron chi connectivity index (χ0n) is 12.8. The van der Waals surface area contributed by atoms with Crippen molar-refractivity contribution in [3.05, 3.63) is 29.8 Å². The summed E-state index contributed by atoms with van der Waals surface area (Å²) in [4.78, 5) is 0. The summed E-state index contributed by atoms with van der Waals surface area (Å²) in [6.07, 6.45) is 6.85. The summed E-state index contributed by atoms with van der Waals surface area (Å²) in [5.74, 6) is 3.83. The van der Waals surface area contributed by atoms with Gasteiger partial charge in [-0.2, -0.15) is 0 Å². The highest BCUT2D eigenvalue weighted by atomic mass is 16.5. The van der Waals surface area contributed by atoms with Crippen molar-refractivity contribution < 1.29 is 4.74 Å². The lowest BCUT2D eigenvalue weighted by atomic mass is 10.00. The van der Waals surface area contributed by atoms with Crippen LogP contribution >= 0.6 is 0 Å². The van der Waals surface area contributed by atoms with Crippen molar-refractivity contribution in [3.8, 4) is 5.75 Å². The maximum Gasteiger partial charge on any atom is 0.119 e. The van der Waals surface area contributed by atoms with Crippen molar-refractivity contribution in [2.24, 2.45) is 17.8 Å². The van der Waals surface area contributed by atoms with Gasteiger partial charge in [0, 0.05) is 6.04 Å². The van der Waals surface area contributed by atoms with Crippen LogP contribution in [-0.2, 0) is 0 Å². The summed E-state index contributed by atoms with van der Waals surface area (Å²) >= 11 is 0. The Morgan fingerprint density at radius 3 is 2.35 bits per heavy atom. The number of fused-ring (bicyclic) bond motifs is 1. The molecule has 3 rings (SSSR count). The summed E-state index contributed by atoms with van der Waals surface area (Å²) in [6.45, 7) is 2.95. The topological polar surface area (TPSA) is 21.3 Å². The van der Waals surface area contributed by atoms with Gasteiger partial charge in [-0.05, 0) is 61.8 Å². The predicted molar refractivity (Wildman–Crippen MR) is 83.0 cm³/mol. The number of nitrogens with one attached hydrogen (secondary N) is 1. The van der Waals surface area contributed by atoms with E-state index >= 15 is 0 Å². The van der Waals surface area contributed by atoms with Gasteiger partial charge in [0.15, 0.2) is 0 Å². The fourth-order valence-corrected chi connectivity index (χ4v) is 4.11. The Morgan fingerprint density at radius 1 is 1.15 bits per heavy atom. The van der Waals surface area contributed by atoms with E-state index in [2.05, 4.69) is 43.6 Å². The molecule has 1 aromatic rings. The van der Waals surface area contributed by atoms with Crippen LogP contribution in [-0.4, -0.2) is 13.7 Å². The highest BCUT2D eigenvalue weighted by molar-refractivity contribution is 5.31. The Hall–Kier alpha value is -1.02. The maximum atomic E-state index is 5.67. The summed E-state index contributed by atoms with van der Waals surface area (Å²) < 4.78 is 5.67. The highest BCUT2D eigenvalue weighted by Crippen LogP contribution is 2.60. The van der Waals surface area contributed by atoms with E-state index in [1.54, 1.807) is 0 Å². The minimum atomic E-state index is 0.531. The molecule has 3 unspecified atom stereocenters. The molecule has 2 saturated carbocycles. The number of rotatable bonds is 6. The molecular weight excluding hydrogens is 246 g/mol. The summed E-state index contributed by atoms with van der Waals surface area (Å²) in [5, 5.41) is 3.56. The number of hydrogen-bond donors (Lipinski definition) is 1. The van der Waals surface area contributed by atoms with Gasteiger partial charge in [-0.3, -0.25) is 0 Å². The maximum absolute atomic E-state index is 5.67. The van der Waals surface area contributed by atoms with Gasteiger partial charge in [0.1, 0.15) is 5.75 Å². The van der Waals surface area contributed by atoms with E-state index < -0.39 is 0 Å². The number of hydrogen-bond acceptors (Lipinski definition) is 2. The standard InChI is InChI=1S/C18H27NO/c1-3-12-20-14-10-8-13(9-11-14)18(19-2)17-15-6-4-5-7-16(15)17/h8-11,15-19H,3-7,12H2,1-2H3. The normalized spacial score (nSPS) is 29.6. The zero-order chi connectivity index (χ0) is 13.9. The minimum Gasteiger partial charge on any atom is -0.494 e. The van der Waals surface area contributed by atoms with Gasteiger partial charge in [0.25, 0.3) is 0 Å². The van der Waals surface area contributed by atoms with Gasteiger partial charge in [0.05, 0.1) is 6.61 Å². The van der Waals surface area contributed by atoms with E-state index in [4.69, 9.17) is 4.74 Å². The summed E-state index contributed by atoms with van der Waals surface area (Å²) in [5.41, 5.74) is 1.43. The molecular formula is C18H27NO. The molecule has 2 heteroatoms. The van der Waals surface area contributed by atoms with Gasteiger partial charge < -0.3 is 10.1 Å². The Morgan fingerprint density at radius 2 is 1.80 bits per heavy atom. The second kappa shape index (κ2) is 6.17. The first-order valence-electron chi connectivity index (χ1n) is 8.25. The van der Waals surface area contributed by atoms with E-state index in [1.807, 2.05) is 0 Å². The van der Waals surface area contributed by atoms with Gasteiger partial charge in [0.2, 0.25) is 0 Å². The first-order chi connectivity index (χ1) is 9.85. The molecule has 0 aliphatic heterocycles. The lowest BCUT2D eigenvalue weighted by molar-refractivity contribution is 0.317. The van der Waals surface area contributed by atoms with Crippen molar-refractivity contribution >= 4 is 0 Å². The largest absolute Gasteiger partial charge is 0.494 e. The molecule has 1 N–H and O–H groups in total. The third kappa shape index (κ3) is 2.71. The first kappa shape index (κ1) is 13.9. The fourth-order valence-electron chi connectivity index (χ4n) is 4.11. The van der Waals surface area contributed by atoms with E-state index in [9.17, 15) is 0 Å². The van der Waals surface area contributed by atoms with E-state index in [0.717, 1.165) is 36.5 Å². The molecule has 0 amide bonds. The lowest BCUT2D eigenvalue weighted by Gasteiger charge is -2.17. The molecule has 2 nitrogen and oxygen atoms in total. The number of ether oxygens (including phenoxy) is 1. The minimum absolute atomic E-state index is 0.531.